The maximum atomic E-state index is 4.88. The number of aryl methyl sites for hydroxylation is 1. The van der Waals surface area contributed by atoms with Gasteiger partial charge in [-0.2, -0.15) is 5.10 Å². The Hall–Kier alpha value is -4.33. The number of aromatic nitrogens is 8. The minimum atomic E-state index is 0.670. The fraction of sp³-hybridized carbons (Fsp3) is 0.0870. The third-order valence-corrected chi connectivity index (χ3v) is 5.60. The monoisotopic (exact) mass is 406 g/mol. The molecule has 0 fully saturated rings. The summed E-state index contributed by atoms with van der Waals surface area (Å²) in [5.41, 5.74) is 7.94. The Bertz CT molecular complexity index is 1560. The van der Waals surface area contributed by atoms with Gasteiger partial charge in [-0.05, 0) is 31.2 Å². The van der Waals surface area contributed by atoms with Crippen molar-refractivity contribution < 1.29 is 0 Å². The molecule has 6 rings (SSSR count). The van der Waals surface area contributed by atoms with Crippen LogP contribution >= 0.6 is 0 Å². The number of hydrogen-bond acceptors (Lipinski definition) is 5. The van der Waals surface area contributed by atoms with Crippen LogP contribution in [0.4, 0.5) is 0 Å². The first-order valence-corrected chi connectivity index (χ1v) is 9.92. The Morgan fingerprint density at radius 3 is 2.65 bits per heavy atom. The van der Waals surface area contributed by atoms with Crippen molar-refractivity contribution in [3.63, 3.8) is 0 Å². The second-order valence-electron chi connectivity index (χ2n) is 7.44. The molecule has 0 radical (unpaired) electrons. The highest BCUT2D eigenvalue weighted by Gasteiger charge is 2.17. The standard InChI is InChI=1S/C23H18N8/c1-13-25-12-19(31(13)2)16-8-9-18-21(26-16)22(30-29-18)23-27-17-7-3-6-15(20(17)28-23)14-5-4-10-24-11-14/h3-12H,1-2H3,(H,27,28)(H,29,30). The van der Waals surface area contributed by atoms with Crippen LogP contribution in [-0.4, -0.2) is 39.7 Å². The van der Waals surface area contributed by atoms with Crippen molar-refractivity contribution in [3.05, 3.63) is 66.9 Å². The first kappa shape index (κ1) is 17.5. The van der Waals surface area contributed by atoms with Gasteiger partial charge in [-0.3, -0.25) is 10.1 Å². The number of benzene rings is 1. The largest absolute Gasteiger partial charge is 0.336 e. The lowest BCUT2D eigenvalue weighted by Gasteiger charge is -2.03. The van der Waals surface area contributed by atoms with Crippen molar-refractivity contribution in [2.75, 3.05) is 0 Å². The summed E-state index contributed by atoms with van der Waals surface area (Å²) in [6.45, 7) is 1.97. The van der Waals surface area contributed by atoms with Crippen molar-refractivity contribution in [1.29, 1.82) is 0 Å². The van der Waals surface area contributed by atoms with Gasteiger partial charge < -0.3 is 9.55 Å². The number of pyridine rings is 2. The molecule has 8 nitrogen and oxygen atoms in total. The van der Waals surface area contributed by atoms with Crippen molar-refractivity contribution in [2.45, 2.75) is 6.92 Å². The lowest BCUT2D eigenvalue weighted by molar-refractivity contribution is 0.862. The van der Waals surface area contributed by atoms with Crippen LogP contribution in [0.5, 0.6) is 0 Å². The SMILES string of the molecule is Cc1ncc(-c2ccc3[nH]nc(-c4nc5c(-c6cccnc6)cccc5[nH]4)c3n2)n1C. The molecule has 31 heavy (non-hydrogen) atoms. The van der Waals surface area contributed by atoms with Crippen molar-refractivity contribution in [1.82, 2.24) is 39.7 Å². The van der Waals surface area contributed by atoms with Crippen LogP contribution < -0.4 is 0 Å². The van der Waals surface area contributed by atoms with Crippen LogP contribution in [0.25, 0.3) is 56.1 Å². The summed E-state index contributed by atoms with van der Waals surface area (Å²) in [6.07, 6.45) is 5.45. The Kier molecular flexibility index (Phi) is 3.73. The van der Waals surface area contributed by atoms with Crippen LogP contribution in [-0.2, 0) is 7.05 Å². The van der Waals surface area contributed by atoms with Gasteiger partial charge in [0.05, 0.1) is 34.1 Å². The third-order valence-electron chi connectivity index (χ3n) is 5.60. The van der Waals surface area contributed by atoms with E-state index in [4.69, 9.17) is 9.97 Å². The highest BCUT2D eigenvalue weighted by Crippen LogP contribution is 2.31. The van der Waals surface area contributed by atoms with Crippen LogP contribution in [0.1, 0.15) is 5.82 Å². The molecule has 150 valence electrons. The second-order valence-corrected chi connectivity index (χ2v) is 7.44. The Balaban J connectivity index is 1.52. The number of nitrogens with one attached hydrogen (secondary N) is 2. The van der Waals surface area contributed by atoms with Gasteiger partial charge >= 0.3 is 0 Å². The molecule has 5 aromatic heterocycles. The maximum Gasteiger partial charge on any atom is 0.161 e. The summed E-state index contributed by atoms with van der Waals surface area (Å²) in [4.78, 5) is 21.8. The topological polar surface area (TPSA) is 101 Å². The number of nitrogens with zero attached hydrogens (tertiary/aromatic N) is 6. The average molecular weight is 406 g/mol. The van der Waals surface area contributed by atoms with E-state index < -0.39 is 0 Å². The van der Waals surface area contributed by atoms with E-state index in [9.17, 15) is 0 Å². The summed E-state index contributed by atoms with van der Waals surface area (Å²) < 4.78 is 2.02. The van der Waals surface area contributed by atoms with E-state index in [1.807, 2.05) is 73.4 Å². The normalized spacial score (nSPS) is 11.5. The summed E-state index contributed by atoms with van der Waals surface area (Å²) in [6, 6.07) is 14.0. The van der Waals surface area contributed by atoms with Crippen LogP contribution in [0.3, 0.4) is 0 Å². The number of fused-ring (bicyclic) bond motifs is 2. The molecular formula is C23H18N8. The van der Waals surface area contributed by atoms with Crippen LogP contribution in [0.15, 0.2) is 61.1 Å². The molecule has 0 unspecified atom stereocenters. The quantitative estimate of drug-likeness (QED) is 0.457. The van der Waals surface area contributed by atoms with E-state index in [1.54, 1.807) is 6.20 Å². The van der Waals surface area contributed by atoms with Gasteiger partial charge in [0.2, 0.25) is 0 Å². The van der Waals surface area contributed by atoms with E-state index in [2.05, 4.69) is 25.1 Å². The molecule has 8 heteroatoms. The Labute approximate surface area is 177 Å². The van der Waals surface area contributed by atoms with Crippen molar-refractivity contribution >= 4 is 22.1 Å². The summed E-state index contributed by atoms with van der Waals surface area (Å²) >= 11 is 0. The molecule has 5 heterocycles. The summed E-state index contributed by atoms with van der Waals surface area (Å²) in [5.74, 6) is 1.60. The van der Waals surface area contributed by atoms with Gasteiger partial charge in [-0.15, -0.1) is 0 Å². The van der Waals surface area contributed by atoms with Gasteiger partial charge in [0.15, 0.2) is 11.5 Å². The van der Waals surface area contributed by atoms with E-state index >= 15 is 0 Å². The third kappa shape index (κ3) is 2.72. The number of para-hydroxylation sites is 1. The summed E-state index contributed by atoms with van der Waals surface area (Å²) in [5, 5.41) is 7.58. The predicted molar refractivity (Wildman–Crippen MR) is 119 cm³/mol. The molecule has 0 saturated heterocycles. The maximum absolute atomic E-state index is 4.88. The zero-order chi connectivity index (χ0) is 20.9. The highest BCUT2D eigenvalue weighted by molar-refractivity contribution is 5.96. The average Bonchev–Trinajstić information content (AvgIpc) is 3.50. The molecule has 0 amide bonds. The molecule has 6 aromatic rings. The molecule has 2 N–H and O–H groups in total. The fourth-order valence-corrected chi connectivity index (χ4v) is 3.85. The minimum Gasteiger partial charge on any atom is -0.336 e. The molecule has 0 aliphatic rings. The number of H-pyrrole nitrogens is 2. The van der Waals surface area contributed by atoms with Crippen LogP contribution in [0, 0.1) is 6.92 Å². The molecule has 0 spiro atoms. The van der Waals surface area contributed by atoms with Gasteiger partial charge in [-0.25, -0.2) is 15.0 Å². The Morgan fingerprint density at radius 1 is 0.903 bits per heavy atom. The van der Waals surface area contributed by atoms with E-state index in [-0.39, 0.29) is 0 Å². The Morgan fingerprint density at radius 2 is 1.84 bits per heavy atom. The lowest BCUT2D eigenvalue weighted by atomic mass is 10.1. The van der Waals surface area contributed by atoms with Gasteiger partial charge in [0, 0.05) is 30.6 Å². The van der Waals surface area contributed by atoms with E-state index in [0.29, 0.717) is 11.5 Å². The molecule has 0 atom stereocenters. The first-order chi connectivity index (χ1) is 15.2. The number of rotatable bonds is 3. The lowest BCUT2D eigenvalue weighted by Crippen LogP contribution is -1.96. The van der Waals surface area contributed by atoms with Gasteiger partial charge in [0.25, 0.3) is 0 Å². The smallest absolute Gasteiger partial charge is 0.161 e. The molecular weight excluding hydrogens is 388 g/mol. The summed E-state index contributed by atoms with van der Waals surface area (Å²) in [7, 11) is 1.99. The number of imidazole rings is 2. The van der Waals surface area contributed by atoms with Gasteiger partial charge in [-0.1, -0.05) is 18.2 Å². The molecule has 0 saturated carbocycles. The van der Waals surface area contributed by atoms with E-state index in [1.165, 1.54) is 0 Å². The zero-order valence-electron chi connectivity index (χ0n) is 17.0. The van der Waals surface area contributed by atoms with Crippen molar-refractivity contribution in [2.24, 2.45) is 7.05 Å². The number of aromatic amines is 2. The molecule has 1 aromatic carbocycles. The molecule has 0 aliphatic heterocycles. The minimum absolute atomic E-state index is 0.670. The zero-order valence-corrected chi connectivity index (χ0v) is 17.0. The van der Waals surface area contributed by atoms with Crippen LogP contribution in [0.2, 0.25) is 0 Å². The molecule has 0 aliphatic carbocycles. The highest BCUT2D eigenvalue weighted by atomic mass is 15.2. The molecule has 0 bridgehead atoms. The second kappa shape index (κ2) is 6.60. The van der Waals surface area contributed by atoms with E-state index in [0.717, 1.165) is 50.4 Å². The first-order valence-electron chi connectivity index (χ1n) is 9.92. The van der Waals surface area contributed by atoms with Gasteiger partial charge in [0.1, 0.15) is 11.3 Å². The van der Waals surface area contributed by atoms with Crippen molar-refractivity contribution in [3.8, 4) is 34.0 Å². The fourth-order valence-electron chi connectivity index (χ4n) is 3.85. The predicted octanol–water partition coefficient (Wildman–Crippen LogP) is 4.27. The number of hydrogen-bond donors (Lipinski definition) is 2.